The van der Waals surface area contributed by atoms with Crippen LogP contribution in [0, 0.1) is 11.3 Å². The monoisotopic (exact) mass is 392 g/mol. The number of nitrogens with zero attached hydrogens (tertiary/aromatic N) is 4. The largest absolute Gasteiger partial charge is 0.368 e. The second-order valence-electron chi connectivity index (χ2n) is 6.92. The topological polar surface area (TPSA) is 71.0 Å². The second-order valence-corrected chi connectivity index (χ2v) is 7.37. The molecule has 0 amide bonds. The average molecular weight is 393 g/mol. The van der Waals surface area contributed by atoms with Gasteiger partial charge in [-0.25, -0.2) is 13.8 Å². The Hall–Kier alpha value is -2.37. The highest BCUT2D eigenvalue weighted by atomic mass is 35.5. The molecule has 1 unspecified atom stereocenters. The first-order valence-electron chi connectivity index (χ1n) is 8.76. The van der Waals surface area contributed by atoms with E-state index in [0.717, 1.165) is 40.9 Å². The first-order chi connectivity index (χ1) is 13.0. The lowest BCUT2D eigenvalue weighted by Crippen LogP contribution is -2.36. The molecule has 0 saturated carbocycles. The van der Waals surface area contributed by atoms with Crippen LogP contribution in [0.4, 0.5) is 14.6 Å². The number of likely N-dealkylation sites (tertiary alicyclic amines) is 1. The SMILES string of the molecule is CN1CC(Cl)=C(N2CCC(NCC(F)F)C2)c2c1[nH]c1cnc(C#N)cc21. The van der Waals surface area contributed by atoms with Gasteiger partial charge in [0.2, 0.25) is 0 Å². The quantitative estimate of drug-likeness (QED) is 0.837. The molecule has 9 heteroatoms. The number of rotatable bonds is 4. The molecule has 2 aromatic heterocycles. The van der Waals surface area contributed by atoms with E-state index in [9.17, 15) is 14.0 Å². The molecule has 2 aliphatic heterocycles. The Kier molecular flexibility index (Phi) is 4.66. The fourth-order valence-electron chi connectivity index (χ4n) is 3.88. The molecule has 27 heavy (non-hydrogen) atoms. The van der Waals surface area contributed by atoms with Gasteiger partial charge < -0.3 is 20.1 Å². The lowest BCUT2D eigenvalue weighted by molar-refractivity contribution is 0.142. The summed E-state index contributed by atoms with van der Waals surface area (Å²) < 4.78 is 25.0. The lowest BCUT2D eigenvalue weighted by Gasteiger charge is -2.32. The van der Waals surface area contributed by atoms with Gasteiger partial charge in [-0.05, 0) is 12.5 Å². The van der Waals surface area contributed by atoms with Crippen molar-refractivity contribution in [2.24, 2.45) is 0 Å². The number of alkyl halides is 2. The Labute approximate surface area is 160 Å². The summed E-state index contributed by atoms with van der Waals surface area (Å²) >= 11 is 6.65. The number of hydrogen-bond acceptors (Lipinski definition) is 5. The van der Waals surface area contributed by atoms with Gasteiger partial charge in [0.05, 0.1) is 35.5 Å². The summed E-state index contributed by atoms with van der Waals surface area (Å²) in [6, 6.07) is 3.84. The van der Waals surface area contributed by atoms with Crippen LogP contribution in [-0.4, -0.2) is 60.6 Å². The average Bonchev–Trinajstić information content (AvgIpc) is 3.25. The third kappa shape index (κ3) is 3.22. The summed E-state index contributed by atoms with van der Waals surface area (Å²) in [6.45, 7) is 1.60. The van der Waals surface area contributed by atoms with Crippen LogP contribution >= 0.6 is 11.6 Å². The highest BCUT2D eigenvalue weighted by Gasteiger charge is 2.33. The zero-order chi connectivity index (χ0) is 19.1. The highest BCUT2D eigenvalue weighted by Crippen LogP contribution is 2.42. The summed E-state index contributed by atoms with van der Waals surface area (Å²) in [5, 5.41) is 13.7. The van der Waals surface area contributed by atoms with Crippen molar-refractivity contribution >= 4 is 34.0 Å². The normalized spacial score (nSPS) is 19.9. The molecule has 4 rings (SSSR count). The number of anilines is 1. The summed E-state index contributed by atoms with van der Waals surface area (Å²) in [5.41, 5.74) is 3.02. The molecule has 1 atom stereocenters. The summed E-state index contributed by atoms with van der Waals surface area (Å²) in [4.78, 5) is 11.7. The van der Waals surface area contributed by atoms with Crippen LogP contribution in [0.5, 0.6) is 0 Å². The number of pyridine rings is 1. The van der Waals surface area contributed by atoms with Crippen LogP contribution in [0.25, 0.3) is 16.6 Å². The second kappa shape index (κ2) is 6.98. The third-order valence-corrected chi connectivity index (χ3v) is 5.39. The fraction of sp³-hybridized carbons (Fsp3) is 0.444. The molecule has 4 heterocycles. The number of hydrogen-bond donors (Lipinski definition) is 2. The highest BCUT2D eigenvalue weighted by molar-refractivity contribution is 6.34. The van der Waals surface area contributed by atoms with Gasteiger partial charge >= 0.3 is 0 Å². The van der Waals surface area contributed by atoms with Crippen LogP contribution in [-0.2, 0) is 0 Å². The first-order valence-corrected chi connectivity index (χ1v) is 9.14. The van der Waals surface area contributed by atoms with E-state index in [-0.39, 0.29) is 12.6 Å². The molecule has 0 spiro atoms. The lowest BCUT2D eigenvalue weighted by atomic mass is 10.0. The van der Waals surface area contributed by atoms with Crippen LogP contribution in [0.3, 0.4) is 0 Å². The van der Waals surface area contributed by atoms with Gasteiger partial charge in [0.15, 0.2) is 0 Å². The number of nitrogens with one attached hydrogen (secondary N) is 2. The van der Waals surface area contributed by atoms with E-state index in [1.165, 1.54) is 0 Å². The van der Waals surface area contributed by atoms with Crippen molar-refractivity contribution in [3.63, 3.8) is 0 Å². The Morgan fingerprint density at radius 2 is 2.33 bits per heavy atom. The predicted molar refractivity (Wildman–Crippen MR) is 101 cm³/mol. The van der Waals surface area contributed by atoms with Crippen molar-refractivity contribution in [3.05, 3.63) is 28.6 Å². The number of aromatic nitrogens is 2. The summed E-state index contributed by atoms with van der Waals surface area (Å²) in [7, 11) is 1.95. The van der Waals surface area contributed by atoms with E-state index in [1.807, 2.05) is 11.9 Å². The van der Waals surface area contributed by atoms with Gasteiger partial charge in [-0.2, -0.15) is 5.26 Å². The van der Waals surface area contributed by atoms with E-state index in [1.54, 1.807) is 12.3 Å². The minimum Gasteiger partial charge on any atom is -0.368 e. The van der Waals surface area contributed by atoms with E-state index in [2.05, 4.69) is 26.3 Å². The number of nitriles is 1. The van der Waals surface area contributed by atoms with Gasteiger partial charge in [-0.1, -0.05) is 11.6 Å². The maximum absolute atomic E-state index is 12.5. The number of fused-ring (bicyclic) bond motifs is 3. The molecule has 1 fully saturated rings. The predicted octanol–water partition coefficient (Wildman–Crippen LogP) is 2.72. The molecule has 142 valence electrons. The van der Waals surface area contributed by atoms with Crippen LogP contribution in [0.2, 0.25) is 0 Å². The number of likely N-dealkylation sites (N-methyl/N-ethyl adjacent to an activating group) is 1. The van der Waals surface area contributed by atoms with Crippen molar-refractivity contribution in [2.45, 2.75) is 18.9 Å². The summed E-state index contributed by atoms with van der Waals surface area (Å²) in [6.07, 6.45) is 0.0730. The number of H-pyrrole nitrogens is 1. The molecular formula is C18H19ClF2N6. The maximum atomic E-state index is 12.5. The molecule has 0 aliphatic carbocycles. The van der Waals surface area contributed by atoms with E-state index in [4.69, 9.17) is 11.6 Å². The molecule has 2 N–H and O–H groups in total. The zero-order valence-electron chi connectivity index (χ0n) is 14.8. The third-order valence-electron chi connectivity index (χ3n) is 5.09. The van der Waals surface area contributed by atoms with E-state index < -0.39 is 6.43 Å². The van der Waals surface area contributed by atoms with E-state index >= 15 is 0 Å². The van der Waals surface area contributed by atoms with Crippen LogP contribution in [0.1, 0.15) is 17.7 Å². The fourth-order valence-corrected chi connectivity index (χ4v) is 4.27. The van der Waals surface area contributed by atoms with Crippen LogP contribution < -0.4 is 10.2 Å². The number of halogens is 3. The Morgan fingerprint density at radius 3 is 3.07 bits per heavy atom. The molecule has 0 aromatic carbocycles. The maximum Gasteiger partial charge on any atom is 0.250 e. The van der Waals surface area contributed by atoms with Crippen LogP contribution in [0.15, 0.2) is 17.3 Å². The Bertz CT molecular complexity index is 947. The van der Waals surface area contributed by atoms with Crippen molar-refractivity contribution in [1.82, 2.24) is 20.2 Å². The van der Waals surface area contributed by atoms with Crippen molar-refractivity contribution in [2.75, 3.05) is 38.1 Å². The standard InChI is InChI=1S/C18H19ClF2N6/c1-26-9-13(19)17(27-3-2-10(8-27)24-7-15(20)21)16-12-4-11(5-22)23-6-14(12)25-18(16)26/h4,6,10,15,24-25H,2-3,7-9H2,1H3. The Morgan fingerprint density at radius 1 is 1.52 bits per heavy atom. The zero-order valence-corrected chi connectivity index (χ0v) is 15.5. The molecule has 6 nitrogen and oxygen atoms in total. The molecule has 2 aromatic rings. The van der Waals surface area contributed by atoms with Gasteiger partial charge in [-0.15, -0.1) is 0 Å². The molecule has 0 bridgehead atoms. The van der Waals surface area contributed by atoms with E-state index in [0.29, 0.717) is 23.8 Å². The molecular weight excluding hydrogens is 374 g/mol. The number of aromatic amines is 1. The van der Waals surface area contributed by atoms with Crippen molar-refractivity contribution in [1.29, 1.82) is 5.26 Å². The molecule has 2 aliphatic rings. The minimum absolute atomic E-state index is 0.000569. The van der Waals surface area contributed by atoms with Gasteiger partial charge in [-0.3, -0.25) is 0 Å². The minimum atomic E-state index is -2.36. The first kappa shape index (κ1) is 18.0. The molecule has 1 saturated heterocycles. The molecule has 0 radical (unpaired) electrons. The van der Waals surface area contributed by atoms with Crippen molar-refractivity contribution in [3.8, 4) is 6.07 Å². The van der Waals surface area contributed by atoms with Gasteiger partial charge in [0.1, 0.15) is 17.6 Å². The Balaban J connectivity index is 1.72. The van der Waals surface area contributed by atoms with Gasteiger partial charge in [0, 0.05) is 37.1 Å². The van der Waals surface area contributed by atoms with Crippen molar-refractivity contribution < 1.29 is 8.78 Å². The van der Waals surface area contributed by atoms with Gasteiger partial charge in [0.25, 0.3) is 6.43 Å². The smallest absolute Gasteiger partial charge is 0.250 e. The summed E-state index contributed by atoms with van der Waals surface area (Å²) in [5.74, 6) is 0.922.